The van der Waals surface area contributed by atoms with Crippen LogP contribution in [0.5, 0.6) is 0 Å². The molecule has 0 rings (SSSR count). The number of carbonyl (C=O) groups excluding carboxylic acids is 2. The van der Waals surface area contributed by atoms with Gasteiger partial charge >= 0.3 is 11.9 Å². The molecule has 0 unspecified atom stereocenters. The first kappa shape index (κ1) is 19.6. The van der Waals surface area contributed by atoms with Crippen molar-refractivity contribution in [3.63, 3.8) is 0 Å². The molecule has 0 aromatic heterocycles. The highest BCUT2D eigenvalue weighted by atomic mass is 33.1. The van der Waals surface area contributed by atoms with E-state index in [1.165, 1.54) is 0 Å². The van der Waals surface area contributed by atoms with Gasteiger partial charge in [0.25, 0.3) is 0 Å². The Morgan fingerprint density at radius 1 is 0.750 bits per heavy atom. The van der Waals surface area contributed by atoms with Gasteiger partial charge in [-0.3, -0.25) is 9.59 Å². The first-order valence-electron chi connectivity index (χ1n) is 6.64. The van der Waals surface area contributed by atoms with Gasteiger partial charge in [-0.1, -0.05) is 21.6 Å². The molecule has 0 heterocycles. The van der Waals surface area contributed by atoms with Crippen molar-refractivity contribution in [3.8, 4) is 0 Å². The van der Waals surface area contributed by atoms with Crippen molar-refractivity contribution in [1.82, 2.24) is 0 Å². The summed E-state index contributed by atoms with van der Waals surface area (Å²) in [6.07, 6.45) is 0. The third-order valence-electron chi connectivity index (χ3n) is 2.11. The summed E-state index contributed by atoms with van der Waals surface area (Å²) in [7, 11) is 3.23. The zero-order valence-corrected chi connectivity index (χ0v) is 14.9. The van der Waals surface area contributed by atoms with Gasteiger partial charge in [0.05, 0.1) is 10.8 Å². The summed E-state index contributed by atoms with van der Waals surface area (Å²) in [4.78, 5) is 22.9. The van der Waals surface area contributed by atoms with Gasteiger partial charge in [-0.25, -0.2) is 0 Å². The zero-order valence-electron chi connectivity index (χ0n) is 13.3. The van der Waals surface area contributed by atoms with Crippen LogP contribution >= 0.6 is 21.6 Å². The Labute approximate surface area is 130 Å². The molecule has 0 aromatic rings. The van der Waals surface area contributed by atoms with Crippen molar-refractivity contribution in [2.24, 2.45) is 10.8 Å². The van der Waals surface area contributed by atoms with Crippen LogP contribution in [0.4, 0.5) is 0 Å². The molecule has 0 radical (unpaired) electrons. The van der Waals surface area contributed by atoms with E-state index in [9.17, 15) is 9.59 Å². The Balaban J connectivity index is 3.47. The minimum absolute atomic E-state index is 0.179. The molecule has 0 atom stereocenters. The molecule has 0 aliphatic heterocycles. The number of carbonyl (C=O) groups is 2. The molecular weight excluding hydrogens is 296 g/mol. The van der Waals surface area contributed by atoms with Gasteiger partial charge in [0.15, 0.2) is 0 Å². The third kappa shape index (κ3) is 9.53. The molecule has 0 fully saturated rings. The van der Waals surface area contributed by atoms with Gasteiger partial charge in [-0.2, -0.15) is 0 Å². The van der Waals surface area contributed by atoms with Crippen molar-refractivity contribution >= 4 is 33.5 Å². The van der Waals surface area contributed by atoms with Gasteiger partial charge in [0.2, 0.25) is 0 Å². The number of hydrogen-bond acceptors (Lipinski definition) is 6. The lowest BCUT2D eigenvalue weighted by Gasteiger charge is -2.16. The van der Waals surface area contributed by atoms with E-state index in [-0.39, 0.29) is 11.9 Å². The molecular formula is C14H26O4S2. The lowest BCUT2D eigenvalue weighted by molar-refractivity contribution is -0.153. The maximum absolute atomic E-state index is 11.5. The largest absolute Gasteiger partial charge is 0.464 e. The Kier molecular flexibility index (Phi) is 8.66. The SMILES string of the molecule is CC(C)(C)C(=O)OCCSSCCOC(=O)C(C)(C)C. The summed E-state index contributed by atoms with van der Waals surface area (Å²) in [5, 5.41) is 0. The van der Waals surface area contributed by atoms with Crippen LogP contribution in [0.25, 0.3) is 0 Å². The summed E-state index contributed by atoms with van der Waals surface area (Å²) in [6, 6.07) is 0. The summed E-state index contributed by atoms with van der Waals surface area (Å²) >= 11 is 0. The molecule has 0 saturated carbocycles. The minimum atomic E-state index is -0.445. The number of ether oxygens (including phenoxy) is 2. The van der Waals surface area contributed by atoms with Crippen molar-refractivity contribution in [1.29, 1.82) is 0 Å². The standard InChI is InChI=1S/C14H26O4S2/c1-13(2,3)11(15)17-7-9-19-20-10-8-18-12(16)14(4,5)6/h7-10H2,1-6H3. The second-order valence-electron chi connectivity index (χ2n) is 6.42. The topological polar surface area (TPSA) is 52.6 Å². The summed E-state index contributed by atoms with van der Waals surface area (Å²) in [5.41, 5.74) is -0.891. The molecule has 0 N–H and O–H groups in total. The lowest BCUT2D eigenvalue weighted by Crippen LogP contribution is -2.24. The molecule has 4 nitrogen and oxygen atoms in total. The smallest absolute Gasteiger partial charge is 0.311 e. The van der Waals surface area contributed by atoms with Crippen LogP contribution in [-0.2, 0) is 19.1 Å². The number of esters is 2. The predicted octanol–water partition coefficient (Wildman–Crippen LogP) is 3.55. The van der Waals surface area contributed by atoms with E-state index in [4.69, 9.17) is 9.47 Å². The van der Waals surface area contributed by atoms with E-state index >= 15 is 0 Å². The Bertz CT molecular complexity index is 284. The highest BCUT2D eigenvalue weighted by Gasteiger charge is 2.23. The van der Waals surface area contributed by atoms with Crippen LogP contribution in [0.15, 0.2) is 0 Å². The molecule has 0 aliphatic carbocycles. The Morgan fingerprint density at radius 2 is 1.05 bits per heavy atom. The molecule has 0 aromatic carbocycles. The van der Waals surface area contributed by atoms with Crippen LogP contribution in [0, 0.1) is 10.8 Å². The summed E-state index contributed by atoms with van der Waals surface area (Å²) in [6.45, 7) is 11.8. The summed E-state index contributed by atoms with van der Waals surface area (Å²) < 4.78 is 10.3. The van der Waals surface area contributed by atoms with Crippen molar-refractivity contribution in [2.45, 2.75) is 41.5 Å². The fourth-order valence-electron chi connectivity index (χ4n) is 0.888. The van der Waals surface area contributed by atoms with Crippen LogP contribution in [0.2, 0.25) is 0 Å². The van der Waals surface area contributed by atoms with Crippen LogP contribution in [0.3, 0.4) is 0 Å². The first-order chi connectivity index (χ1) is 9.05. The van der Waals surface area contributed by atoms with Gasteiger partial charge in [-0.15, -0.1) is 0 Å². The quantitative estimate of drug-likeness (QED) is 0.406. The molecule has 0 amide bonds. The zero-order chi connectivity index (χ0) is 15.8. The van der Waals surface area contributed by atoms with Crippen molar-refractivity contribution in [2.75, 3.05) is 24.7 Å². The van der Waals surface area contributed by atoms with E-state index in [0.717, 1.165) is 11.5 Å². The highest BCUT2D eigenvalue weighted by Crippen LogP contribution is 2.22. The van der Waals surface area contributed by atoms with Crippen molar-refractivity contribution < 1.29 is 19.1 Å². The van der Waals surface area contributed by atoms with Gasteiger partial charge < -0.3 is 9.47 Å². The molecule has 20 heavy (non-hydrogen) atoms. The second-order valence-corrected chi connectivity index (χ2v) is 9.12. The molecule has 0 bridgehead atoms. The maximum Gasteiger partial charge on any atom is 0.311 e. The van der Waals surface area contributed by atoms with E-state index in [0.29, 0.717) is 13.2 Å². The van der Waals surface area contributed by atoms with Gasteiger partial charge in [-0.05, 0) is 41.5 Å². The maximum atomic E-state index is 11.5. The molecule has 0 spiro atoms. The van der Waals surface area contributed by atoms with Crippen LogP contribution < -0.4 is 0 Å². The fourth-order valence-corrected chi connectivity index (χ4v) is 2.54. The van der Waals surface area contributed by atoms with Gasteiger partial charge in [0, 0.05) is 11.5 Å². The summed E-state index contributed by atoms with van der Waals surface area (Å²) in [5.74, 6) is 1.11. The lowest BCUT2D eigenvalue weighted by atomic mass is 9.97. The Hall–Kier alpha value is -0.360. The van der Waals surface area contributed by atoms with Crippen molar-refractivity contribution in [3.05, 3.63) is 0 Å². The van der Waals surface area contributed by atoms with Crippen LogP contribution in [0.1, 0.15) is 41.5 Å². The second kappa shape index (κ2) is 8.82. The molecule has 6 heteroatoms. The van der Waals surface area contributed by atoms with Crippen LogP contribution in [-0.4, -0.2) is 36.7 Å². The highest BCUT2D eigenvalue weighted by molar-refractivity contribution is 8.76. The van der Waals surface area contributed by atoms with E-state index in [2.05, 4.69) is 0 Å². The van der Waals surface area contributed by atoms with E-state index in [1.807, 2.05) is 41.5 Å². The third-order valence-corrected chi connectivity index (χ3v) is 4.44. The monoisotopic (exact) mass is 322 g/mol. The number of rotatable bonds is 7. The molecule has 0 saturated heterocycles. The molecule has 0 aliphatic rings. The number of hydrogen-bond donors (Lipinski definition) is 0. The van der Waals surface area contributed by atoms with E-state index in [1.54, 1.807) is 21.6 Å². The van der Waals surface area contributed by atoms with E-state index < -0.39 is 10.8 Å². The minimum Gasteiger partial charge on any atom is -0.464 e. The Morgan fingerprint density at radius 3 is 1.30 bits per heavy atom. The first-order valence-corrected chi connectivity index (χ1v) is 9.13. The average Bonchev–Trinajstić information content (AvgIpc) is 2.29. The molecule has 118 valence electrons. The van der Waals surface area contributed by atoms with Gasteiger partial charge in [0.1, 0.15) is 13.2 Å². The average molecular weight is 322 g/mol. The predicted molar refractivity (Wildman–Crippen MR) is 85.7 cm³/mol. The normalized spacial score (nSPS) is 12.1. The fraction of sp³-hybridized carbons (Fsp3) is 0.857.